The van der Waals surface area contributed by atoms with Crippen LogP contribution in [0.3, 0.4) is 0 Å². The summed E-state index contributed by atoms with van der Waals surface area (Å²) in [6.45, 7) is 0. The minimum atomic E-state index is -1.94. The van der Waals surface area contributed by atoms with Gasteiger partial charge in [-0.15, -0.1) is 0 Å². The first-order chi connectivity index (χ1) is 9.55. The quantitative estimate of drug-likeness (QED) is 0.375. The van der Waals surface area contributed by atoms with Gasteiger partial charge in [-0.05, 0) is 12.0 Å². The zero-order chi connectivity index (χ0) is 14.4. The zero-order valence-corrected chi connectivity index (χ0v) is 10.5. The van der Waals surface area contributed by atoms with Gasteiger partial charge in [-0.3, -0.25) is 25.0 Å². The maximum absolute atomic E-state index is 12.4. The third-order valence-electron chi connectivity index (χ3n) is 4.19. The van der Waals surface area contributed by atoms with Gasteiger partial charge in [0.25, 0.3) is 0 Å². The summed E-state index contributed by atoms with van der Waals surface area (Å²) in [5.41, 5.74) is -3.02. The van der Waals surface area contributed by atoms with Gasteiger partial charge < -0.3 is 0 Å². The van der Waals surface area contributed by atoms with Crippen molar-refractivity contribution in [2.24, 2.45) is 0 Å². The summed E-state index contributed by atoms with van der Waals surface area (Å²) in [4.78, 5) is 35.6. The number of nitrogens with one attached hydrogen (secondary N) is 1. The Morgan fingerprint density at radius 1 is 1.15 bits per heavy atom. The number of hydrogen-bond donors (Lipinski definition) is 1. The molecule has 20 heavy (non-hydrogen) atoms. The predicted molar refractivity (Wildman–Crippen MR) is 69.4 cm³/mol. The second-order valence-electron chi connectivity index (χ2n) is 5.02. The highest BCUT2D eigenvalue weighted by Gasteiger charge is 2.75. The summed E-state index contributed by atoms with van der Waals surface area (Å²) < 4.78 is 0. The van der Waals surface area contributed by atoms with Crippen molar-refractivity contribution in [1.29, 1.82) is 0 Å². The zero-order valence-electron chi connectivity index (χ0n) is 10.5. The van der Waals surface area contributed by atoms with Gasteiger partial charge in [0.2, 0.25) is 5.91 Å². The van der Waals surface area contributed by atoms with E-state index >= 15 is 0 Å². The van der Waals surface area contributed by atoms with Gasteiger partial charge in [-0.2, -0.15) is 0 Å². The van der Waals surface area contributed by atoms with E-state index in [9.17, 15) is 19.7 Å². The van der Waals surface area contributed by atoms with Crippen LogP contribution in [0.1, 0.15) is 18.4 Å². The Balaban J connectivity index is 2.35. The van der Waals surface area contributed by atoms with E-state index in [2.05, 4.69) is 5.32 Å². The number of rotatable bonds is 2. The topological polar surface area (TPSA) is 89.3 Å². The van der Waals surface area contributed by atoms with Crippen molar-refractivity contribution in [2.75, 3.05) is 0 Å². The average molecular weight is 272 g/mol. The van der Waals surface area contributed by atoms with Gasteiger partial charge >= 0.3 is 11.4 Å². The molecule has 6 heteroatoms. The maximum atomic E-state index is 12.4. The molecule has 0 aromatic heterocycles. The van der Waals surface area contributed by atoms with Crippen molar-refractivity contribution in [3.8, 4) is 0 Å². The standard InChI is InChI=1S/C14H12N2O4/c17-11-13(10-6-2-1-3-7-10)8-4-5-9-14(13,16(19)20)12(18)15-11/h1-4,6-8H,5,9H2,(H,15,17,18). The van der Waals surface area contributed by atoms with Crippen LogP contribution in [0.2, 0.25) is 0 Å². The number of fused-ring (bicyclic) bond motifs is 1. The Morgan fingerprint density at radius 3 is 2.50 bits per heavy atom. The molecule has 2 unspecified atom stereocenters. The lowest BCUT2D eigenvalue weighted by Gasteiger charge is -2.35. The van der Waals surface area contributed by atoms with Crippen LogP contribution in [0.4, 0.5) is 0 Å². The van der Waals surface area contributed by atoms with Gasteiger partial charge in [0.05, 0.1) is 0 Å². The monoisotopic (exact) mass is 272 g/mol. The Bertz CT molecular complexity index is 640. The molecule has 1 aromatic carbocycles. The van der Waals surface area contributed by atoms with Gasteiger partial charge in [0.1, 0.15) is 0 Å². The fourth-order valence-corrected chi connectivity index (χ4v) is 3.23. The minimum absolute atomic E-state index is 0.0168. The van der Waals surface area contributed by atoms with Crippen LogP contribution in [0, 0.1) is 10.1 Å². The molecule has 0 bridgehead atoms. The van der Waals surface area contributed by atoms with Crippen molar-refractivity contribution >= 4 is 11.8 Å². The van der Waals surface area contributed by atoms with E-state index in [4.69, 9.17) is 0 Å². The highest BCUT2D eigenvalue weighted by molar-refractivity contribution is 6.15. The summed E-state index contributed by atoms with van der Waals surface area (Å²) >= 11 is 0. The number of hydrogen-bond acceptors (Lipinski definition) is 4. The summed E-state index contributed by atoms with van der Waals surface area (Å²) in [6.07, 6.45) is 3.65. The van der Waals surface area contributed by atoms with Crippen LogP contribution in [0.15, 0.2) is 42.5 Å². The molecule has 6 nitrogen and oxygen atoms in total. The largest absolute Gasteiger partial charge is 0.320 e. The van der Waals surface area contributed by atoms with Crippen LogP contribution < -0.4 is 5.32 Å². The van der Waals surface area contributed by atoms with Crippen molar-refractivity contribution in [1.82, 2.24) is 5.32 Å². The van der Waals surface area contributed by atoms with E-state index in [1.807, 2.05) is 0 Å². The van der Waals surface area contributed by atoms with E-state index in [1.165, 1.54) is 6.08 Å². The molecular weight excluding hydrogens is 260 g/mol. The molecule has 3 rings (SSSR count). The van der Waals surface area contributed by atoms with E-state index < -0.39 is 27.7 Å². The molecule has 1 N–H and O–H groups in total. The van der Waals surface area contributed by atoms with Crippen LogP contribution in [0.5, 0.6) is 0 Å². The second kappa shape index (κ2) is 4.00. The average Bonchev–Trinajstić information content (AvgIpc) is 2.70. The highest BCUT2D eigenvalue weighted by Crippen LogP contribution is 2.48. The lowest BCUT2D eigenvalue weighted by Crippen LogP contribution is -2.59. The first kappa shape index (κ1) is 12.5. The Morgan fingerprint density at radius 2 is 1.85 bits per heavy atom. The summed E-state index contributed by atoms with van der Waals surface area (Å²) in [5.74, 6) is -1.44. The van der Waals surface area contributed by atoms with E-state index in [0.717, 1.165) is 0 Å². The number of carbonyl (C=O) groups is 2. The molecule has 1 aliphatic heterocycles. The lowest BCUT2D eigenvalue weighted by molar-refractivity contribution is -0.560. The fourth-order valence-electron chi connectivity index (χ4n) is 3.23. The number of imide groups is 1. The molecule has 2 aliphatic rings. The van der Waals surface area contributed by atoms with Crippen molar-refractivity contribution < 1.29 is 14.5 Å². The SMILES string of the molecule is O=C1NC(=O)C2([N+](=O)[O-])CCC=CC12c1ccccc1. The Hall–Kier alpha value is -2.50. The molecule has 2 atom stereocenters. The van der Waals surface area contributed by atoms with Crippen molar-refractivity contribution in [3.05, 3.63) is 58.2 Å². The number of allylic oxidation sites excluding steroid dienone is 1. The number of nitro groups is 1. The molecule has 1 aliphatic carbocycles. The van der Waals surface area contributed by atoms with Gasteiger partial charge in [-0.1, -0.05) is 42.5 Å². The Kier molecular flexibility index (Phi) is 2.50. The van der Waals surface area contributed by atoms with E-state index in [-0.39, 0.29) is 6.42 Å². The van der Waals surface area contributed by atoms with Crippen molar-refractivity contribution in [2.45, 2.75) is 23.8 Å². The first-order valence-corrected chi connectivity index (χ1v) is 6.29. The van der Waals surface area contributed by atoms with Gasteiger partial charge in [-0.25, -0.2) is 0 Å². The fraction of sp³-hybridized carbons (Fsp3) is 0.286. The number of benzene rings is 1. The number of carbonyl (C=O) groups excluding carboxylic acids is 2. The molecule has 0 radical (unpaired) electrons. The van der Waals surface area contributed by atoms with Crippen LogP contribution in [0.25, 0.3) is 0 Å². The molecule has 102 valence electrons. The molecule has 1 fully saturated rings. The summed E-state index contributed by atoms with van der Waals surface area (Å²) in [5, 5.41) is 13.8. The molecule has 1 aromatic rings. The third-order valence-corrected chi connectivity index (χ3v) is 4.19. The van der Waals surface area contributed by atoms with Crippen molar-refractivity contribution in [3.63, 3.8) is 0 Å². The normalized spacial score (nSPS) is 31.8. The molecule has 0 spiro atoms. The highest BCUT2D eigenvalue weighted by atomic mass is 16.6. The minimum Gasteiger partial charge on any atom is -0.289 e. The maximum Gasteiger partial charge on any atom is 0.320 e. The molecular formula is C14H12N2O4. The number of nitrogens with zero attached hydrogens (tertiary/aromatic N) is 1. The molecule has 1 saturated heterocycles. The Labute approximate surface area is 114 Å². The summed E-state index contributed by atoms with van der Waals surface area (Å²) in [6, 6.07) is 8.45. The molecule has 0 saturated carbocycles. The van der Waals surface area contributed by atoms with Crippen LogP contribution in [-0.2, 0) is 15.0 Å². The third kappa shape index (κ3) is 1.23. The van der Waals surface area contributed by atoms with E-state index in [1.54, 1.807) is 36.4 Å². The van der Waals surface area contributed by atoms with Crippen LogP contribution >= 0.6 is 0 Å². The van der Waals surface area contributed by atoms with Gasteiger partial charge in [0.15, 0.2) is 5.41 Å². The lowest BCUT2D eigenvalue weighted by atomic mass is 9.62. The molecule has 2 amide bonds. The predicted octanol–water partition coefficient (Wildman–Crippen LogP) is 0.946. The smallest absolute Gasteiger partial charge is 0.289 e. The second-order valence-corrected chi connectivity index (χ2v) is 5.02. The number of amides is 2. The van der Waals surface area contributed by atoms with E-state index in [0.29, 0.717) is 12.0 Å². The van der Waals surface area contributed by atoms with Gasteiger partial charge in [0, 0.05) is 11.3 Å². The molecule has 1 heterocycles. The summed E-state index contributed by atoms with van der Waals surface area (Å²) in [7, 11) is 0. The first-order valence-electron chi connectivity index (χ1n) is 6.29. The van der Waals surface area contributed by atoms with Crippen LogP contribution in [-0.4, -0.2) is 22.3 Å².